The van der Waals surface area contributed by atoms with E-state index in [0.29, 0.717) is 17.8 Å². The molecule has 0 fully saturated rings. The summed E-state index contributed by atoms with van der Waals surface area (Å²) >= 11 is 0. The molecule has 0 aliphatic heterocycles. The molecule has 1 heterocycles. The Morgan fingerprint density at radius 3 is 2.62 bits per heavy atom. The van der Waals surface area contributed by atoms with E-state index in [1.807, 2.05) is 51.1 Å². The summed E-state index contributed by atoms with van der Waals surface area (Å²) in [6.07, 6.45) is 0. The quantitative estimate of drug-likeness (QED) is 0.697. The van der Waals surface area contributed by atoms with Crippen molar-refractivity contribution in [3.63, 3.8) is 0 Å². The van der Waals surface area contributed by atoms with Crippen molar-refractivity contribution in [3.8, 4) is 5.88 Å². The first-order valence-electron chi connectivity index (χ1n) is 7.86. The number of hydrogen-bond acceptors (Lipinski definition) is 3. The maximum atomic E-state index is 12.3. The van der Waals surface area contributed by atoms with Gasteiger partial charge in [-0.15, -0.1) is 10.2 Å². The maximum absolute atomic E-state index is 12.3. The minimum Gasteiger partial charge on any atom is -0.493 e. The summed E-state index contributed by atoms with van der Waals surface area (Å²) in [7, 11) is 0. The van der Waals surface area contributed by atoms with Gasteiger partial charge in [-0.3, -0.25) is 4.79 Å². The molecule has 5 nitrogen and oxygen atoms in total. The summed E-state index contributed by atoms with van der Waals surface area (Å²) < 4.78 is 1.75. The lowest BCUT2D eigenvalue weighted by Crippen LogP contribution is -1.96. The molecular weight excluding hydrogens is 302 g/mol. The number of fused-ring (bicyclic) bond motifs is 1. The Balaban J connectivity index is 2.07. The van der Waals surface area contributed by atoms with E-state index in [4.69, 9.17) is 0 Å². The van der Waals surface area contributed by atoms with Gasteiger partial charge in [-0.1, -0.05) is 29.8 Å². The minimum absolute atomic E-state index is 0.0273. The monoisotopic (exact) mass is 321 g/mol. The predicted octanol–water partition coefficient (Wildman–Crippen LogP) is 4.91. The van der Waals surface area contributed by atoms with Crippen molar-refractivity contribution in [2.24, 2.45) is 10.2 Å². The van der Waals surface area contributed by atoms with Crippen LogP contribution in [0.2, 0.25) is 0 Å². The number of benzene rings is 2. The van der Waals surface area contributed by atoms with Crippen molar-refractivity contribution < 1.29 is 9.90 Å². The number of aromatic hydroxyl groups is 1. The molecule has 0 saturated carbocycles. The van der Waals surface area contributed by atoms with Crippen molar-refractivity contribution >= 4 is 22.5 Å². The smallest absolute Gasteiger partial charge is 0.295 e. The number of nitrogens with zero attached hydrogens (tertiary/aromatic N) is 3. The Labute approximate surface area is 140 Å². The molecule has 2 aromatic carbocycles. The summed E-state index contributed by atoms with van der Waals surface area (Å²) in [5.41, 5.74) is 3.61. The third-order valence-electron chi connectivity index (χ3n) is 4.10. The summed E-state index contributed by atoms with van der Waals surface area (Å²) in [6.45, 7) is 6.37. The predicted molar refractivity (Wildman–Crippen MR) is 94.0 cm³/mol. The van der Waals surface area contributed by atoms with Crippen molar-refractivity contribution in [3.05, 3.63) is 59.2 Å². The number of aryl methyl sites for hydroxylation is 3. The number of carbonyl (C=O) groups excluding carboxylic acids is 1. The second-order valence-electron chi connectivity index (χ2n) is 5.76. The number of amides is 1. The highest BCUT2D eigenvalue weighted by molar-refractivity contribution is 5.98. The van der Waals surface area contributed by atoms with E-state index in [1.165, 1.54) is 0 Å². The third-order valence-corrected chi connectivity index (χ3v) is 4.10. The largest absolute Gasteiger partial charge is 0.493 e. The fraction of sp³-hybridized carbons (Fsp3) is 0.211. The molecule has 0 atom stereocenters. The van der Waals surface area contributed by atoms with Crippen LogP contribution in [0.1, 0.15) is 28.4 Å². The van der Waals surface area contributed by atoms with E-state index >= 15 is 0 Å². The molecule has 0 aliphatic rings. The van der Waals surface area contributed by atoms with E-state index in [-0.39, 0.29) is 5.88 Å². The normalized spacial score (nSPS) is 11.5. The van der Waals surface area contributed by atoms with Gasteiger partial charge in [0.15, 0.2) is 5.69 Å². The molecular formula is C19H19N3O2. The van der Waals surface area contributed by atoms with E-state index in [1.54, 1.807) is 16.7 Å². The minimum atomic E-state index is -0.419. The highest BCUT2D eigenvalue weighted by Gasteiger charge is 2.16. The van der Waals surface area contributed by atoms with Crippen LogP contribution in [0.5, 0.6) is 5.88 Å². The molecule has 3 rings (SSSR count). The Morgan fingerprint density at radius 1 is 1.17 bits per heavy atom. The van der Waals surface area contributed by atoms with E-state index in [2.05, 4.69) is 10.2 Å². The van der Waals surface area contributed by atoms with Crippen LogP contribution in [0.3, 0.4) is 0 Å². The van der Waals surface area contributed by atoms with Gasteiger partial charge in [-0.25, -0.2) is 0 Å². The molecule has 0 aliphatic carbocycles. The first kappa shape index (κ1) is 15.9. The van der Waals surface area contributed by atoms with Crippen LogP contribution in [0.15, 0.2) is 52.7 Å². The Kier molecular flexibility index (Phi) is 4.16. The van der Waals surface area contributed by atoms with Crippen LogP contribution in [0.4, 0.5) is 5.69 Å². The van der Waals surface area contributed by atoms with E-state index < -0.39 is 5.91 Å². The topological polar surface area (TPSA) is 66.9 Å². The second kappa shape index (κ2) is 6.28. The average Bonchev–Trinajstić information content (AvgIpc) is 2.83. The zero-order chi connectivity index (χ0) is 17.3. The third kappa shape index (κ3) is 2.69. The molecule has 1 amide bonds. The van der Waals surface area contributed by atoms with Crippen molar-refractivity contribution in [2.75, 3.05) is 0 Å². The van der Waals surface area contributed by atoms with Gasteiger partial charge in [0.1, 0.15) is 0 Å². The van der Waals surface area contributed by atoms with Gasteiger partial charge in [0, 0.05) is 17.5 Å². The summed E-state index contributed by atoms with van der Waals surface area (Å²) in [4.78, 5) is 12.3. The number of carbonyl (C=O) groups is 1. The molecule has 5 heteroatoms. The second-order valence-corrected chi connectivity index (χ2v) is 5.76. The molecule has 3 aromatic rings. The number of azo groups is 1. The van der Waals surface area contributed by atoms with Crippen LogP contribution in [-0.4, -0.2) is 15.6 Å². The molecule has 0 radical (unpaired) electrons. The molecule has 1 aromatic heterocycles. The van der Waals surface area contributed by atoms with Gasteiger partial charge in [0.2, 0.25) is 5.88 Å². The number of aromatic nitrogens is 1. The van der Waals surface area contributed by atoms with E-state index in [0.717, 1.165) is 22.0 Å². The molecule has 0 unspecified atom stereocenters. The average molecular weight is 321 g/mol. The first-order chi connectivity index (χ1) is 11.5. The van der Waals surface area contributed by atoms with Crippen LogP contribution < -0.4 is 0 Å². The van der Waals surface area contributed by atoms with Crippen molar-refractivity contribution in [1.82, 2.24) is 4.57 Å². The van der Waals surface area contributed by atoms with Crippen molar-refractivity contribution in [2.45, 2.75) is 27.3 Å². The van der Waals surface area contributed by atoms with E-state index in [9.17, 15) is 9.90 Å². The van der Waals surface area contributed by atoms with Gasteiger partial charge in [-0.05, 0) is 44.5 Å². The Morgan fingerprint density at radius 2 is 1.92 bits per heavy atom. The highest BCUT2D eigenvalue weighted by Crippen LogP contribution is 2.39. The zero-order valence-electron chi connectivity index (χ0n) is 13.9. The lowest BCUT2D eigenvalue weighted by molar-refractivity contribution is 0.0994. The Hall–Kier alpha value is -2.95. The number of hydrogen-bond donors (Lipinski definition) is 1. The summed E-state index contributed by atoms with van der Waals surface area (Å²) in [5.74, 6) is -0.392. The molecule has 1 N–H and O–H groups in total. The van der Waals surface area contributed by atoms with Gasteiger partial charge in [-0.2, -0.15) is 0 Å². The van der Waals surface area contributed by atoms with Gasteiger partial charge < -0.3 is 9.67 Å². The standard InChI is InChI=1S/C19H19N3O2/c1-4-22-16-10-9-12(2)11-15(16)17(19(22)24)20-21-18(23)14-8-6-5-7-13(14)3/h5-11,24H,4H2,1-3H3. The Bertz CT molecular complexity index is 955. The molecule has 24 heavy (non-hydrogen) atoms. The summed E-state index contributed by atoms with van der Waals surface area (Å²) in [5, 5.41) is 19.1. The molecule has 0 spiro atoms. The SMILES string of the molecule is CCn1c(O)c(N=NC(=O)c2ccccc2C)c2cc(C)ccc21. The van der Waals surface area contributed by atoms with Crippen LogP contribution >= 0.6 is 0 Å². The fourth-order valence-corrected chi connectivity index (χ4v) is 2.82. The first-order valence-corrected chi connectivity index (χ1v) is 7.86. The lowest BCUT2D eigenvalue weighted by Gasteiger charge is -2.01. The van der Waals surface area contributed by atoms with Crippen molar-refractivity contribution in [1.29, 1.82) is 0 Å². The molecule has 0 saturated heterocycles. The fourth-order valence-electron chi connectivity index (χ4n) is 2.82. The van der Waals surface area contributed by atoms with Crippen LogP contribution in [0.25, 0.3) is 10.9 Å². The summed E-state index contributed by atoms with van der Waals surface area (Å²) in [6, 6.07) is 13.1. The molecule has 122 valence electrons. The van der Waals surface area contributed by atoms with Crippen LogP contribution in [0, 0.1) is 13.8 Å². The zero-order valence-corrected chi connectivity index (χ0v) is 13.9. The van der Waals surface area contributed by atoms with Gasteiger partial charge in [0.25, 0.3) is 5.91 Å². The van der Waals surface area contributed by atoms with Crippen LogP contribution in [-0.2, 0) is 6.54 Å². The number of rotatable bonds is 3. The highest BCUT2D eigenvalue weighted by atomic mass is 16.3. The maximum Gasteiger partial charge on any atom is 0.295 e. The van der Waals surface area contributed by atoms with Gasteiger partial charge in [0.05, 0.1) is 5.52 Å². The lowest BCUT2D eigenvalue weighted by atomic mass is 10.1. The van der Waals surface area contributed by atoms with Gasteiger partial charge >= 0.3 is 0 Å². The molecule has 0 bridgehead atoms.